The van der Waals surface area contributed by atoms with Gasteiger partial charge >= 0.3 is 6.18 Å². The highest BCUT2D eigenvalue weighted by atomic mass is 19.4. The molecule has 1 atom stereocenters. The van der Waals surface area contributed by atoms with Crippen molar-refractivity contribution in [3.05, 3.63) is 41.9 Å². The van der Waals surface area contributed by atoms with Crippen LogP contribution in [0, 0.1) is 5.92 Å². The summed E-state index contributed by atoms with van der Waals surface area (Å²) in [5.74, 6) is 0.668. The first kappa shape index (κ1) is 25.0. The number of carbonyl (C=O) groups is 1. The van der Waals surface area contributed by atoms with Crippen LogP contribution in [0.25, 0.3) is 10.9 Å². The number of nitrogens with one attached hydrogen (secondary N) is 3. The Balaban J connectivity index is 1.38. The largest absolute Gasteiger partial charge is 0.401 e. The van der Waals surface area contributed by atoms with E-state index in [1.54, 1.807) is 0 Å². The Morgan fingerprint density at radius 2 is 1.86 bits per heavy atom. The lowest BCUT2D eigenvalue weighted by Crippen LogP contribution is -2.49. The minimum Gasteiger partial charge on any atom is -0.361 e. The van der Waals surface area contributed by atoms with Gasteiger partial charge in [-0.25, -0.2) is 0 Å². The van der Waals surface area contributed by atoms with E-state index in [-0.39, 0.29) is 30.9 Å². The molecule has 0 bridgehead atoms. The third-order valence-corrected chi connectivity index (χ3v) is 6.33. The van der Waals surface area contributed by atoms with Gasteiger partial charge in [0.1, 0.15) is 0 Å². The third kappa shape index (κ3) is 6.74. The second kappa shape index (κ2) is 10.7. The summed E-state index contributed by atoms with van der Waals surface area (Å²) in [5, 5.41) is 12.3. The summed E-state index contributed by atoms with van der Waals surface area (Å²) in [5.41, 5.74) is 2.20. The molecule has 3 aromatic rings. The number of anilines is 1. The van der Waals surface area contributed by atoms with E-state index < -0.39 is 12.7 Å². The molecule has 1 aliphatic heterocycles. The van der Waals surface area contributed by atoms with Crippen LogP contribution >= 0.6 is 0 Å². The monoisotopic (exact) mass is 491 g/mol. The van der Waals surface area contributed by atoms with E-state index in [1.807, 2.05) is 29.3 Å². The molecular weight excluding hydrogens is 459 g/mol. The van der Waals surface area contributed by atoms with Crippen LogP contribution in [0.5, 0.6) is 0 Å². The zero-order valence-corrected chi connectivity index (χ0v) is 20.0. The SMILES string of the molecule is CC(C)CCC(Cc1c[nH]c2ccccc12)NC(=O)c1nnc(N2CCN(CC(F)(F)F)CC2)[nH]1. The average molecular weight is 492 g/mol. The molecule has 8 nitrogen and oxygen atoms in total. The molecule has 1 aromatic carbocycles. The Labute approximate surface area is 202 Å². The van der Waals surface area contributed by atoms with Crippen molar-refractivity contribution < 1.29 is 18.0 Å². The second-order valence-electron chi connectivity index (χ2n) is 9.58. The lowest BCUT2D eigenvalue weighted by molar-refractivity contribution is -0.146. The molecule has 1 amide bonds. The number of nitrogens with zero attached hydrogens (tertiary/aromatic N) is 4. The van der Waals surface area contributed by atoms with Gasteiger partial charge in [-0.1, -0.05) is 32.0 Å². The van der Waals surface area contributed by atoms with Crippen LogP contribution in [0.2, 0.25) is 0 Å². The van der Waals surface area contributed by atoms with Gasteiger partial charge in [-0.15, -0.1) is 10.2 Å². The molecule has 190 valence electrons. The van der Waals surface area contributed by atoms with Gasteiger partial charge in [0, 0.05) is 49.3 Å². The van der Waals surface area contributed by atoms with E-state index in [1.165, 1.54) is 4.90 Å². The highest BCUT2D eigenvalue weighted by molar-refractivity contribution is 5.91. The Morgan fingerprint density at radius 1 is 1.11 bits per heavy atom. The van der Waals surface area contributed by atoms with Gasteiger partial charge in [0.25, 0.3) is 5.91 Å². The molecule has 1 unspecified atom stereocenters. The van der Waals surface area contributed by atoms with Crippen molar-refractivity contribution in [1.82, 2.24) is 30.4 Å². The van der Waals surface area contributed by atoms with Gasteiger partial charge in [0.2, 0.25) is 11.8 Å². The van der Waals surface area contributed by atoms with Crippen molar-refractivity contribution >= 4 is 22.8 Å². The average Bonchev–Trinajstić information content (AvgIpc) is 3.45. The van der Waals surface area contributed by atoms with E-state index in [2.05, 4.69) is 45.4 Å². The molecule has 1 fully saturated rings. The van der Waals surface area contributed by atoms with Gasteiger partial charge in [0.05, 0.1) is 6.54 Å². The maximum atomic E-state index is 13.0. The van der Waals surface area contributed by atoms with Crippen LogP contribution in [-0.4, -0.2) is 75.9 Å². The van der Waals surface area contributed by atoms with Gasteiger partial charge in [0.15, 0.2) is 0 Å². The number of rotatable bonds is 9. The van der Waals surface area contributed by atoms with Crippen LogP contribution in [0.15, 0.2) is 30.5 Å². The minimum atomic E-state index is -4.21. The molecule has 35 heavy (non-hydrogen) atoms. The van der Waals surface area contributed by atoms with Crippen LogP contribution < -0.4 is 10.2 Å². The molecule has 3 N–H and O–H groups in total. The number of piperazine rings is 1. The van der Waals surface area contributed by atoms with Crippen LogP contribution in [0.3, 0.4) is 0 Å². The molecular formula is C24H32F3N7O. The number of benzene rings is 1. The fourth-order valence-corrected chi connectivity index (χ4v) is 4.45. The first-order valence-electron chi connectivity index (χ1n) is 12.0. The number of amides is 1. The summed E-state index contributed by atoms with van der Waals surface area (Å²) in [7, 11) is 0. The number of aromatic amines is 2. The summed E-state index contributed by atoms with van der Waals surface area (Å²) in [4.78, 5) is 22.4. The first-order chi connectivity index (χ1) is 16.7. The van der Waals surface area contributed by atoms with Gasteiger partial charge in [-0.3, -0.25) is 9.69 Å². The number of fused-ring (bicyclic) bond motifs is 1. The minimum absolute atomic E-state index is 0.0800. The van der Waals surface area contributed by atoms with Crippen LogP contribution in [0.4, 0.5) is 19.1 Å². The molecule has 4 rings (SSSR count). The first-order valence-corrected chi connectivity index (χ1v) is 12.0. The highest BCUT2D eigenvalue weighted by Crippen LogP contribution is 2.22. The Morgan fingerprint density at radius 3 is 2.57 bits per heavy atom. The number of hydrogen-bond acceptors (Lipinski definition) is 5. The molecule has 2 aromatic heterocycles. The molecule has 0 saturated carbocycles. The van der Waals surface area contributed by atoms with E-state index in [9.17, 15) is 18.0 Å². The Hall–Kier alpha value is -3.08. The smallest absolute Gasteiger partial charge is 0.361 e. The molecule has 0 spiro atoms. The third-order valence-electron chi connectivity index (χ3n) is 6.33. The van der Waals surface area contributed by atoms with Crippen LogP contribution in [-0.2, 0) is 6.42 Å². The second-order valence-corrected chi connectivity index (χ2v) is 9.58. The van der Waals surface area contributed by atoms with Gasteiger partial charge in [-0.2, -0.15) is 13.2 Å². The van der Waals surface area contributed by atoms with E-state index in [4.69, 9.17) is 0 Å². The summed E-state index contributed by atoms with van der Waals surface area (Å²) < 4.78 is 37.9. The number of hydrogen-bond donors (Lipinski definition) is 3. The number of alkyl halides is 3. The van der Waals surface area contributed by atoms with Crippen molar-refractivity contribution in [1.29, 1.82) is 0 Å². The summed E-state index contributed by atoms with van der Waals surface area (Å²) in [6.07, 6.45) is 0.259. The molecule has 1 aliphatic rings. The maximum absolute atomic E-state index is 13.0. The molecule has 0 radical (unpaired) electrons. The predicted octanol–water partition coefficient (Wildman–Crippen LogP) is 3.75. The number of H-pyrrole nitrogens is 2. The molecule has 1 saturated heterocycles. The van der Waals surface area contributed by atoms with Gasteiger partial charge in [-0.05, 0) is 36.8 Å². The van der Waals surface area contributed by atoms with Crippen LogP contribution in [0.1, 0.15) is 42.9 Å². The summed E-state index contributed by atoms with van der Waals surface area (Å²) in [6, 6.07) is 8.00. The lowest BCUT2D eigenvalue weighted by atomic mass is 9.97. The summed E-state index contributed by atoms with van der Waals surface area (Å²) in [6.45, 7) is 4.68. The van der Waals surface area contributed by atoms with Gasteiger partial charge < -0.3 is 20.2 Å². The standard InChI is InChI=1S/C24H32F3N7O/c1-16(2)7-8-18(13-17-14-28-20-6-4-3-5-19(17)20)29-22(35)21-30-23(32-31-21)34-11-9-33(10-12-34)15-24(25,26)27/h3-6,14,16,18,28H,7-13,15H2,1-2H3,(H,29,35)(H,30,31,32). The highest BCUT2D eigenvalue weighted by Gasteiger charge is 2.32. The number of para-hydroxylation sites is 1. The molecule has 11 heteroatoms. The van der Waals surface area contributed by atoms with E-state index >= 15 is 0 Å². The van der Waals surface area contributed by atoms with Crippen molar-refractivity contribution in [3.8, 4) is 0 Å². The lowest BCUT2D eigenvalue weighted by Gasteiger charge is -2.34. The van der Waals surface area contributed by atoms with E-state index in [0.717, 1.165) is 29.3 Å². The van der Waals surface area contributed by atoms with Crippen molar-refractivity contribution in [3.63, 3.8) is 0 Å². The topological polar surface area (TPSA) is 92.9 Å². The van der Waals surface area contributed by atoms with Crippen molar-refractivity contribution in [2.75, 3.05) is 37.6 Å². The zero-order chi connectivity index (χ0) is 25.0. The Kier molecular flexibility index (Phi) is 7.63. The number of carbonyl (C=O) groups excluding carboxylic acids is 1. The van der Waals surface area contributed by atoms with Crippen molar-refractivity contribution in [2.45, 2.75) is 45.3 Å². The predicted molar refractivity (Wildman–Crippen MR) is 128 cm³/mol. The Bertz CT molecular complexity index is 1120. The molecule has 3 heterocycles. The molecule has 0 aliphatic carbocycles. The summed E-state index contributed by atoms with van der Waals surface area (Å²) >= 11 is 0. The quantitative estimate of drug-likeness (QED) is 0.424. The van der Waals surface area contributed by atoms with E-state index in [0.29, 0.717) is 31.4 Å². The van der Waals surface area contributed by atoms with Crippen molar-refractivity contribution in [2.24, 2.45) is 5.92 Å². The maximum Gasteiger partial charge on any atom is 0.401 e. The normalized spacial score (nSPS) is 16.2. The number of aromatic nitrogens is 4. The fraction of sp³-hybridized carbons (Fsp3) is 0.542. The fourth-order valence-electron chi connectivity index (χ4n) is 4.45. The number of halogens is 3. The zero-order valence-electron chi connectivity index (χ0n) is 20.0.